The van der Waals surface area contributed by atoms with E-state index in [0.29, 0.717) is 18.1 Å². The molecule has 0 amide bonds. The van der Waals surface area contributed by atoms with Crippen LogP contribution < -0.4 is 0 Å². The fourth-order valence-electron chi connectivity index (χ4n) is 2.63. The SMILES string of the molecule is CCCC[C@@H]1CN(Cc2nnc(C)s2)C[C@H](C(C)C)O1. The second-order valence-corrected chi connectivity index (χ2v) is 7.36. The van der Waals surface area contributed by atoms with Crippen LogP contribution in [0.2, 0.25) is 0 Å². The molecule has 1 aliphatic heterocycles. The minimum Gasteiger partial charge on any atom is -0.372 e. The van der Waals surface area contributed by atoms with Crippen molar-refractivity contribution in [3.05, 3.63) is 10.0 Å². The average molecular weight is 297 g/mol. The van der Waals surface area contributed by atoms with E-state index in [2.05, 4.69) is 35.9 Å². The third kappa shape index (κ3) is 4.50. The molecule has 0 aliphatic carbocycles. The molecule has 20 heavy (non-hydrogen) atoms. The lowest BCUT2D eigenvalue weighted by molar-refractivity contribution is -0.108. The van der Waals surface area contributed by atoms with Crippen molar-refractivity contribution in [2.45, 2.75) is 65.7 Å². The molecule has 0 unspecified atom stereocenters. The van der Waals surface area contributed by atoms with E-state index in [1.54, 1.807) is 11.3 Å². The Morgan fingerprint density at radius 2 is 2.15 bits per heavy atom. The van der Waals surface area contributed by atoms with Gasteiger partial charge < -0.3 is 4.74 Å². The van der Waals surface area contributed by atoms with Crippen molar-refractivity contribution in [2.75, 3.05) is 13.1 Å². The summed E-state index contributed by atoms with van der Waals surface area (Å²) in [5.41, 5.74) is 0. The standard InChI is InChI=1S/C15H27N3OS/c1-5-6-7-13-8-18(9-14(19-13)11(2)3)10-15-17-16-12(4)20-15/h11,13-14H,5-10H2,1-4H3/t13-,14-/m1/s1. The summed E-state index contributed by atoms with van der Waals surface area (Å²) in [6.07, 6.45) is 4.39. The van der Waals surface area contributed by atoms with Crippen LogP contribution in [-0.2, 0) is 11.3 Å². The van der Waals surface area contributed by atoms with Crippen molar-refractivity contribution in [2.24, 2.45) is 5.92 Å². The molecule has 114 valence electrons. The van der Waals surface area contributed by atoms with Crippen LogP contribution in [0, 0.1) is 12.8 Å². The average Bonchev–Trinajstić information content (AvgIpc) is 2.81. The van der Waals surface area contributed by atoms with Crippen LogP contribution in [0.4, 0.5) is 0 Å². The normalized spacial score (nSPS) is 24.4. The van der Waals surface area contributed by atoms with E-state index in [1.807, 2.05) is 6.92 Å². The molecule has 2 rings (SSSR count). The summed E-state index contributed by atoms with van der Waals surface area (Å²) >= 11 is 1.71. The third-order valence-corrected chi connectivity index (χ3v) is 4.64. The molecule has 1 aromatic heterocycles. The highest BCUT2D eigenvalue weighted by atomic mass is 32.1. The van der Waals surface area contributed by atoms with Gasteiger partial charge in [0.15, 0.2) is 0 Å². The summed E-state index contributed by atoms with van der Waals surface area (Å²) in [7, 11) is 0. The van der Waals surface area contributed by atoms with Gasteiger partial charge in [0, 0.05) is 13.1 Å². The first-order valence-corrected chi connectivity index (χ1v) is 8.57. The Morgan fingerprint density at radius 3 is 2.75 bits per heavy atom. The topological polar surface area (TPSA) is 38.2 Å². The Kier molecular flexibility index (Phi) is 5.93. The van der Waals surface area contributed by atoms with Gasteiger partial charge in [0.25, 0.3) is 0 Å². The minimum absolute atomic E-state index is 0.347. The van der Waals surface area contributed by atoms with Crippen molar-refractivity contribution in [3.8, 4) is 0 Å². The number of hydrogen-bond acceptors (Lipinski definition) is 5. The lowest BCUT2D eigenvalue weighted by Crippen LogP contribution is -2.48. The largest absolute Gasteiger partial charge is 0.372 e. The molecular formula is C15H27N3OS. The Hall–Kier alpha value is -0.520. The Morgan fingerprint density at radius 1 is 1.35 bits per heavy atom. The molecule has 1 saturated heterocycles. The predicted octanol–water partition coefficient (Wildman–Crippen LogP) is 3.26. The summed E-state index contributed by atoms with van der Waals surface area (Å²) in [4.78, 5) is 2.49. The van der Waals surface area contributed by atoms with Crippen molar-refractivity contribution in [3.63, 3.8) is 0 Å². The van der Waals surface area contributed by atoms with Crippen molar-refractivity contribution < 1.29 is 4.74 Å². The molecule has 0 saturated carbocycles. The van der Waals surface area contributed by atoms with E-state index >= 15 is 0 Å². The van der Waals surface area contributed by atoms with Gasteiger partial charge in [0.05, 0.1) is 18.8 Å². The number of aryl methyl sites for hydroxylation is 1. The summed E-state index contributed by atoms with van der Waals surface area (Å²) in [6, 6.07) is 0. The van der Waals surface area contributed by atoms with Crippen molar-refractivity contribution in [1.82, 2.24) is 15.1 Å². The maximum absolute atomic E-state index is 6.25. The maximum atomic E-state index is 6.25. The lowest BCUT2D eigenvalue weighted by atomic mass is 10.0. The number of unbranched alkanes of at least 4 members (excludes halogenated alkanes) is 1. The minimum atomic E-state index is 0.347. The van der Waals surface area contributed by atoms with Crippen LogP contribution in [0.25, 0.3) is 0 Å². The van der Waals surface area contributed by atoms with Crippen LogP contribution in [0.15, 0.2) is 0 Å². The lowest BCUT2D eigenvalue weighted by Gasteiger charge is -2.39. The number of rotatable bonds is 6. The first-order chi connectivity index (χ1) is 9.58. The van der Waals surface area contributed by atoms with E-state index in [-0.39, 0.29) is 0 Å². The van der Waals surface area contributed by atoms with Gasteiger partial charge >= 0.3 is 0 Å². The zero-order valence-electron chi connectivity index (χ0n) is 13.1. The maximum Gasteiger partial charge on any atom is 0.131 e. The van der Waals surface area contributed by atoms with E-state index in [9.17, 15) is 0 Å². The molecule has 1 aliphatic rings. The highest BCUT2D eigenvalue weighted by Gasteiger charge is 2.29. The second-order valence-electron chi connectivity index (χ2n) is 6.09. The van der Waals surface area contributed by atoms with Crippen LogP contribution in [0.1, 0.15) is 50.0 Å². The Bertz CT molecular complexity index is 408. The Labute approximate surface area is 126 Å². The molecule has 5 heteroatoms. The summed E-state index contributed by atoms with van der Waals surface area (Å²) in [6.45, 7) is 11.7. The van der Waals surface area contributed by atoms with Gasteiger partial charge in [-0.2, -0.15) is 0 Å². The van der Waals surface area contributed by atoms with E-state index in [4.69, 9.17) is 4.74 Å². The van der Waals surface area contributed by atoms with Gasteiger partial charge in [-0.05, 0) is 19.3 Å². The second kappa shape index (κ2) is 7.48. The van der Waals surface area contributed by atoms with Gasteiger partial charge in [0.1, 0.15) is 10.0 Å². The van der Waals surface area contributed by atoms with Crippen LogP contribution >= 0.6 is 11.3 Å². The number of hydrogen-bond donors (Lipinski definition) is 0. The summed E-state index contributed by atoms with van der Waals surface area (Å²) < 4.78 is 6.25. The molecule has 0 radical (unpaired) electrons. The number of nitrogens with zero attached hydrogens (tertiary/aromatic N) is 3. The first-order valence-electron chi connectivity index (χ1n) is 7.75. The zero-order valence-corrected chi connectivity index (χ0v) is 13.9. The summed E-state index contributed by atoms with van der Waals surface area (Å²) in [5.74, 6) is 0.568. The molecule has 1 fully saturated rings. The zero-order chi connectivity index (χ0) is 14.5. The Balaban J connectivity index is 1.95. The van der Waals surface area contributed by atoms with E-state index in [1.165, 1.54) is 19.3 Å². The first kappa shape index (κ1) is 15.9. The third-order valence-electron chi connectivity index (χ3n) is 3.82. The number of aromatic nitrogens is 2. The molecule has 0 N–H and O–H groups in total. The van der Waals surface area contributed by atoms with Gasteiger partial charge in [-0.25, -0.2) is 0 Å². The monoisotopic (exact) mass is 297 g/mol. The number of morpholine rings is 1. The fraction of sp³-hybridized carbons (Fsp3) is 0.867. The van der Waals surface area contributed by atoms with Gasteiger partial charge in [0.2, 0.25) is 0 Å². The predicted molar refractivity (Wildman–Crippen MR) is 82.9 cm³/mol. The molecule has 1 aromatic rings. The molecule has 0 bridgehead atoms. The van der Waals surface area contributed by atoms with Crippen molar-refractivity contribution in [1.29, 1.82) is 0 Å². The molecule has 2 atom stereocenters. The van der Waals surface area contributed by atoms with Gasteiger partial charge in [-0.15, -0.1) is 21.5 Å². The van der Waals surface area contributed by atoms with Gasteiger partial charge in [-0.3, -0.25) is 4.90 Å². The molecule has 0 aromatic carbocycles. The molecular weight excluding hydrogens is 270 g/mol. The molecule has 4 nitrogen and oxygen atoms in total. The highest BCUT2D eigenvalue weighted by molar-refractivity contribution is 7.11. The number of ether oxygens (including phenoxy) is 1. The summed E-state index contributed by atoms with van der Waals surface area (Å²) in [5, 5.41) is 10.5. The van der Waals surface area contributed by atoms with Crippen LogP contribution in [-0.4, -0.2) is 40.4 Å². The molecule has 0 spiro atoms. The highest BCUT2D eigenvalue weighted by Crippen LogP contribution is 2.23. The van der Waals surface area contributed by atoms with Gasteiger partial charge in [-0.1, -0.05) is 33.6 Å². The van der Waals surface area contributed by atoms with E-state index < -0.39 is 0 Å². The molecule has 2 heterocycles. The van der Waals surface area contributed by atoms with Crippen molar-refractivity contribution >= 4 is 11.3 Å². The fourth-order valence-corrected chi connectivity index (χ4v) is 3.38. The van der Waals surface area contributed by atoms with E-state index in [0.717, 1.165) is 29.6 Å². The van der Waals surface area contributed by atoms with Crippen LogP contribution in [0.3, 0.4) is 0 Å². The smallest absolute Gasteiger partial charge is 0.131 e. The quantitative estimate of drug-likeness (QED) is 0.808. The van der Waals surface area contributed by atoms with Crippen LogP contribution in [0.5, 0.6) is 0 Å².